The van der Waals surface area contributed by atoms with E-state index in [1.54, 1.807) is 29.7 Å². The van der Waals surface area contributed by atoms with Gasteiger partial charge in [0.1, 0.15) is 6.07 Å². The summed E-state index contributed by atoms with van der Waals surface area (Å²) in [5, 5.41) is 15.3. The second-order valence-electron chi connectivity index (χ2n) is 4.64. The highest BCUT2D eigenvalue weighted by Crippen LogP contribution is 2.29. The highest BCUT2D eigenvalue weighted by Gasteiger charge is 2.16. The van der Waals surface area contributed by atoms with Gasteiger partial charge < -0.3 is 9.73 Å². The van der Waals surface area contributed by atoms with E-state index in [1.165, 1.54) is 12.1 Å². The number of fused-ring (bicyclic) bond motifs is 1. The maximum atomic E-state index is 12.1. The van der Waals surface area contributed by atoms with Crippen LogP contribution in [-0.4, -0.2) is 16.1 Å². The molecule has 1 unspecified atom stereocenters. The summed E-state index contributed by atoms with van der Waals surface area (Å²) in [5.41, 5.74) is 1.31. The number of furan rings is 1. The number of urea groups is 1. The number of hydrogen-bond acceptors (Lipinski definition) is 4. The number of carbonyl (C=O) groups excluding carboxylic acids is 1. The Morgan fingerprint density at radius 2 is 2.09 bits per heavy atom. The number of nitrogens with zero attached hydrogens (tertiary/aromatic N) is 1. The van der Waals surface area contributed by atoms with Crippen molar-refractivity contribution in [1.29, 1.82) is 5.26 Å². The molecule has 2 N–H and O–H groups in total. The van der Waals surface area contributed by atoms with Gasteiger partial charge in [-0.1, -0.05) is 0 Å². The molecule has 2 heterocycles. The molecule has 0 aliphatic carbocycles. The summed E-state index contributed by atoms with van der Waals surface area (Å²) in [7, 11) is -2.35. The van der Waals surface area contributed by atoms with Crippen LogP contribution in [0.25, 0.3) is 6.08 Å². The molecule has 0 bridgehead atoms. The molecular formula is C15H11N3O3S. The number of benzene rings is 1. The fourth-order valence-corrected chi connectivity index (χ4v) is 3.40. The van der Waals surface area contributed by atoms with E-state index < -0.39 is 15.6 Å². The van der Waals surface area contributed by atoms with Crippen molar-refractivity contribution in [3.63, 3.8) is 0 Å². The molecule has 2 aromatic rings. The van der Waals surface area contributed by atoms with E-state index in [-0.39, 0.29) is 11.6 Å². The van der Waals surface area contributed by atoms with Gasteiger partial charge in [-0.15, -0.1) is 0 Å². The molecule has 0 saturated carbocycles. The van der Waals surface area contributed by atoms with Crippen LogP contribution in [0.1, 0.15) is 11.3 Å². The number of carbonyl (C=O) groups is 1. The number of nitrogens with one attached hydrogen (secondary N) is 2. The Hall–Kier alpha value is -2.98. The van der Waals surface area contributed by atoms with Gasteiger partial charge >= 0.3 is 6.03 Å². The molecule has 1 aliphatic heterocycles. The minimum atomic E-state index is -2.35. The summed E-state index contributed by atoms with van der Waals surface area (Å²) in [6.45, 7) is 0. The predicted octanol–water partition coefficient (Wildman–Crippen LogP) is 2.85. The molecule has 22 heavy (non-hydrogen) atoms. The van der Waals surface area contributed by atoms with E-state index in [0.717, 1.165) is 5.56 Å². The number of anilines is 2. The highest BCUT2D eigenvalue weighted by atomic mass is 32.2. The average Bonchev–Trinajstić information content (AvgIpc) is 3.03. The number of nitriles is 1. The highest BCUT2D eigenvalue weighted by molar-refractivity contribution is 8.03. The van der Waals surface area contributed by atoms with Crippen molar-refractivity contribution >= 4 is 39.1 Å². The number of hydrogen-bond donors (Lipinski definition) is 2. The van der Waals surface area contributed by atoms with Gasteiger partial charge in [0, 0.05) is 26.2 Å². The van der Waals surface area contributed by atoms with Crippen molar-refractivity contribution in [3.8, 4) is 6.07 Å². The van der Waals surface area contributed by atoms with Crippen molar-refractivity contribution < 1.29 is 13.4 Å². The van der Waals surface area contributed by atoms with E-state index in [1.807, 2.05) is 6.07 Å². The smallest absolute Gasteiger partial charge is 0.326 e. The number of rotatable bonds is 2. The summed E-state index contributed by atoms with van der Waals surface area (Å²) in [6, 6.07) is 9.32. The fourth-order valence-electron chi connectivity index (χ4n) is 2.07. The van der Waals surface area contributed by atoms with Gasteiger partial charge in [-0.05, 0) is 47.2 Å². The van der Waals surface area contributed by atoms with E-state index in [0.29, 0.717) is 10.6 Å². The zero-order valence-corrected chi connectivity index (χ0v) is 12.1. The normalized spacial score (nSPS) is 18.5. The van der Waals surface area contributed by atoms with E-state index >= 15 is 0 Å². The Balaban J connectivity index is 1.73. The quantitative estimate of drug-likeness (QED) is 0.833. The fraction of sp³-hybridized carbons (Fsp3) is 0. The topological polar surface area (TPSA) is 95.1 Å². The van der Waals surface area contributed by atoms with Crippen molar-refractivity contribution in [2.75, 3.05) is 10.6 Å². The van der Waals surface area contributed by atoms with Crippen LogP contribution in [0, 0.1) is 11.3 Å². The molecule has 3 rings (SSSR count). The van der Waals surface area contributed by atoms with Gasteiger partial charge in [0.15, 0.2) is 0 Å². The van der Waals surface area contributed by atoms with Crippen molar-refractivity contribution in [3.05, 3.63) is 47.1 Å². The Morgan fingerprint density at radius 3 is 2.82 bits per heavy atom. The second-order valence-corrected chi connectivity index (χ2v) is 6.80. The third-order valence-electron chi connectivity index (χ3n) is 3.06. The average molecular weight is 313 g/mol. The molecule has 0 radical (unpaired) electrons. The SMILES string of the molecule is C=S1(=O)C=Cc2cc(NC(=O)Nc3ccc(C#N)o3)ccc21. The van der Waals surface area contributed by atoms with Crippen LogP contribution in [0.4, 0.5) is 16.4 Å². The minimum absolute atomic E-state index is 0.114. The van der Waals surface area contributed by atoms with Crippen LogP contribution in [0.5, 0.6) is 0 Å². The first-order valence-electron chi connectivity index (χ1n) is 6.25. The van der Waals surface area contributed by atoms with Crippen molar-refractivity contribution in [2.45, 2.75) is 4.90 Å². The summed E-state index contributed by atoms with van der Waals surface area (Å²) in [5.74, 6) is 3.96. The predicted molar refractivity (Wildman–Crippen MR) is 85.1 cm³/mol. The van der Waals surface area contributed by atoms with E-state index in [4.69, 9.17) is 9.68 Å². The molecular weight excluding hydrogens is 302 g/mol. The first-order chi connectivity index (χ1) is 10.5. The molecule has 1 aromatic carbocycles. The lowest BCUT2D eigenvalue weighted by molar-refractivity contribution is 0.261. The lowest BCUT2D eigenvalue weighted by Gasteiger charge is -2.08. The summed E-state index contributed by atoms with van der Waals surface area (Å²) < 4.78 is 17.1. The molecule has 0 saturated heterocycles. The summed E-state index contributed by atoms with van der Waals surface area (Å²) >= 11 is 0. The largest absolute Gasteiger partial charge is 0.430 e. The Kier molecular flexibility index (Phi) is 3.23. The first-order valence-corrected chi connectivity index (χ1v) is 8.04. The zero-order chi connectivity index (χ0) is 15.7. The van der Waals surface area contributed by atoms with Gasteiger partial charge in [-0.25, -0.2) is 4.79 Å². The molecule has 2 amide bonds. The Morgan fingerprint density at radius 1 is 1.27 bits per heavy atom. The van der Waals surface area contributed by atoms with Gasteiger partial charge in [0.05, 0.1) is 0 Å². The summed E-state index contributed by atoms with van der Waals surface area (Å²) in [6.07, 6.45) is 1.72. The van der Waals surface area contributed by atoms with Crippen LogP contribution in [-0.2, 0) is 9.52 Å². The van der Waals surface area contributed by atoms with Gasteiger partial charge in [0.25, 0.3) is 0 Å². The molecule has 7 heteroatoms. The van der Waals surface area contributed by atoms with E-state index in [2.05, 4.69) is 16.5 Å². The van der Waals surface area contributed by atoms with Crippen molar-refractivity contribution in [1.82, 2.24) is 0 Å². The summed E-state index contributed by atoms with van der Waals surface area (Å²) in [4.78, 5) is 12.5. The molecule has 0 fully saturated rings. The van der Waals surface area contributed by atoms with Crippen LogP contribution >= 0.6 is 0 Å². The van der Waals surface area contributed by atoms with Gasteiger partial charge in [0.2, 0.25) is 11.6 Å². The van der Waals surface area contributed by atoms with Crippen molar-refractivity contribution in [2.24, 2.45) is 0 Å². The van der Waals surface area contributed by atoms with Crippen LogP contribution in [0.3, 0.4) is 0 Å². The Labute approximate surface area is 127 Å². The lowest BCUT2D eigenvalue weighted by Crippen LogP contribution is -2.19. The van der Waals surface area contributed by atoms with Gasteiger partial charge in [-0.2, -0.15) is 5.26 Å². The van der Waals surface area contributed by atoms with Crippen LogP contribution < -0.4 is 10.6 Å². The van der Waals surface area contributed by atoms with E-state index in [9.17, 15) is 9.00 Å². The minimum Gasteiger partial charge on any atom is -0.430 e. The zero-order valence-electron chi connectivity index (χ0n) is 11.3. The first kappa shape index (κ1) is 14.0. The molecule has 1 aliphatic rings. The number of amides is 2. The monoisotopic (exact) mass is 313 g/mol. The van der Waals surface area contributed by atoms with Crippen LogP contribution in [0.15, 0.2) is 45.1 Å². The maximum Gasteiger partial charge on any atom is 0.326 e. The molecule has 6 nitrogen and oxygen atoms in total. The molecule has 110 valence electrons. The molecule has 0 spiro atoms. The second kappa shape index (κ2) is 5.09. The third-order valence-corrected chi connectivity index (χ3v) is 4.75. The molecule has 1 atom stereocenters. The lowest BCUT2D eigenvalue weighted by atomic mass is 10.2. The maximum absolute atomic E-state index is 12.1. The van der Waals surface area contributed by atoms with Crippen LogP contribution in [0.2, 0.25) is 0 Å². The third kappa shape index (κ3) is 2.60. The Bertz CT molecular complexity index is 933. The van der Waals surface area contributed by atoms with Gasteiger partial charge in [-0.3, -0.25) is 9.53 Å². The molecule has 1 aromatic heterocycles. The standard InChI is InChI=1S/C15H11N3O3S/c1-22(20)7-6-10-8-11(2-4-13(10)22)17-15(19)18-14-5-3-12(9-16)21-14/h2-8H,1H2,(H2,17,18,19).